The Bertz CT molecular complexity index is 1570. The van der Waals surface area contributed by atoms with Gasteiger partial charge in [0.05, 0.1) is 25.7 Å². The molecule has 0 unspecified atom stereocenters. The highest BCUT2D eigenvalue weighted by Crippen LogP contribution is 2.47. The second kappa shape index (κ2) is 12.2. The third kappa shape index (κ3) is 6.49. The molecule has 0 amide bonds. The topological polar surface area (TPSA) is 83.5 Å². The van der Waals surface area contributed by atoms with Crippen LogP contribution in [0.4, 0.5) is 13.2 Å². The predicted molar refractivity (Wildman–Crippen MR) is 160 cm³/mol. The van der Waals surface area contributed by atoms with Gasteiger partial charge in [-0.3, -0.25) is 4.79 Å². The Morgan fingerprint density at radius 1 is 1.02 bits per heavy atom. The Hall–Kier alpha value is -3.76. The minimum Gasteiger partial charge on any atom is -0.492 e. The molecule has 0 aromatic heterocycles. The number of hydrogen-bond donors (Lipinski definition) is 1. The molecular weight excluding hydrogens is 589 g/mol. The molecule has 240 valence electrons. The van der Waals surface area contributed by atoms with Crippen LogP contribution in [0.3, 0.4) is 0 Å². The Balaban J connectivity index is 1.28. The minimum absolute atomic E-state index is 0.117. The molecule has 7 nitrogen and oxygen atoms in total. The first kappa shape index (κ1) is 31.2. The Labute approximate surface area is 260 Å². The van der Waals surface area contributed by atoms with E-state index in [0.717, 1.165) is 27.8 Å². The van der Waals surface area contributed by atoms with E-state index < -0.39 is 23.4 Å². The molecule has 2 atom stereocenters. The lowest BCUT2D eigenvalue weighted by Crippen LogP contribution is -2.41. The number of ether oxygens (including phenoxy) is 5. The van der Waals surface area contributed by atoms with Crippen molar-refractivity contribution in [2.75, 3.05) is 33.5 Å². The van der Waals surface area contributed by atoms with Crippen molar-refractivity contribution in [1.82, 2.24) is 0 Å². The van der Waals surface area contributed by atoms with Gasteiger partial charge in [0.1, 0.15) is 35.6 Å². The fraction of sp³-hybridized carbons (Fsp3) is 0.457. The summed E-state index contributed by atoms with van der Waals surface area (Å²) in [7, 11) is 1.35. The van der Waals surface area contributed by atoms with E-state index in [2.05, 4.69) is 0 Å². The first-order valence-electron chi connectivity index (χ1n) is 15.2. The molecule has 3 aliphatic rings. The standard InChI is InChI=1S/C35H37F3O7/c1-20-12-25(44-19-34(40)8-10-42-11-9-34)13-21(2)33(20)29-16-23(35(36,37)38)15-28-27(29)6-7-30(28)45-24-4-5-26-22(14-32(39)41-3)18-43-31(26)17-24/h4-5,12-13,15-17,22,30,40H,6-11,14,18-19H2,1-3H3/t22-,30-/m1/s1. The van der Waals surface area contributed by atoms with Crippen molar-refractivity contribution in [3.05, 3.63) is 75.8 Å². The number of hydrogen-bond acceptors (Lipinski definition) is 7. The lowest BCUT2D eigenvalue weighted by molar-refractivity contribution is -0.141. The number of methoxy groups -OCH3 is 1. The van der Waals surface area contributed by atoms with E-state index in [9.17, 15) is 23.1 Å². The average molecular weight is 627 g/mol. The molecule has 0 radical (unpaired) electrons. The maximum absolute atomic E-state index is 14.2. The summed E-state index contributed by atoms with van der Waals surface area (Å²) in [5.41, 5.74) is 3.38. The van der Waals surface area contributed by atoms with Crippen LogP contribution in [-0.2, 0) is 26.9 Å². The average Bonchev–Trinajstić information content (AvgIpc) is 3.59. The zero-order valence-corrected chi connectivity index (χ0v) is 25.6. The quantitative estimate of drug-likeness (QED) is 0.269. The molecule has 3 aromatic rings. The maximum Gasteiger partial charge on any atom is 0.416 e. The van der Waals surface area contributed by atoms with Crippen LogP contribution < -0.4 is 14.2 Å². The highest BCUT2D eigenvalue weighted by Gasteiger charge is 2.37. The van der Waals surface area contributed by atoms with Crippen molar-refractivity contribution in [3.63, 3.8) is 0 Å². The van der Waals surface area contributed by atoms with Crippen LogP contribution in [0.1, 0.15) is 71.1 Å². The SMILES string of the molecule is COC(=O)C[C@@H]1COc2cc(O[C@@H]3CCc4c(-c5c(C)cc(OCC6(O)CCOCC6)cc5C)cc(C(F)(F)F)cc43)ccc21. The van der Waals surface area contributed by atoms with Gasteiger partial charge < -0.3 is 28.8 Å². The van der Waals surface area contributed by atoms with Gasteiger partial charge >= 0.3 is 12.1 Å². The zero-order valence-electron chi connectivity index (χ0n) is 25.6. The van der Waals surface area contributed by atoms with Gasteiger partial charge in [-0.2, -0.15) is 13.2 Å². The first-order chi connectivity index (χ1) is 21.4. The fourth-order valence-electron chi connectivity index (χ4n) is 6.69. The summed E-state index contributed by atoms with van der Waals surface area (Å²) in [6.45, 7) is 5.14. The van der Waals surface area contributed by atoms with Gasteiger partial charge in [0.25, 0.3) is 0 Å². The first-order valence-corrected chi connectivity index (χ1v) is 15.2. The van der Waals surface area contributed by atoms with Crippen molar-refractivity contribution in [1.29, 1.82) is 0 Å². The molecule has 6 rings (SSSR count). The van der Waals surface area contributed by atoms with E-state index in [-0.39, 0.29) is 24.9 Å². The van der Waals surface area contributed by atoms with Crippen LogP contribution in [0, 0.1) is 13.8 Å². The van der Waals surface area contributed by atoms with Crippen LogP contribution in [0.15, 0.2) is 42.5 Å². The summed E-state index contributed by atoms with van der Waals surface area (Å²) in [5, 5.41) is 10.8. The molecule has 0 bridgehead atoms. The number of aliphatic hydroxyl groups is 1. The van der Waals surface area contributed by atoms with Gasteiger partial charge in [0.15, 0.2) is 0 Å². The van der Waals surface area contributed by atoms with E-state index >= 15 is 0 Å². The number of alkyl halides is 3. The molecule has 3 aromatic carbocycles. The number of rotatable bonds is 8. The summed E-state index contributed by atoms with van der Waals surface area (Å²) in [5.74, 6) is 1.20. The van der Waals surface area contributed by atoms with Crippen LogP contribution in [0.2, 0.25) is 0 Å². The number of halogens is 3. The number of carbonyl (C=O) groups is 1. The number of carbonyl (C=O) groups excluding carboxylic acids is 1. The van der Waals surface area contributed by atoms with E-state index in [1.165, 1.54) is 19.2 Å². The Morgan fingerprint density at radius 3 is 2.44 bits per heavy atom. The molecule has 45 heavy (non-hydrogen) atoms. The third-order valence-corrected chi connectivity index (χ3v) is 9.11. The van der Waals surface area contributed by atoms with E-state index in [0.29, 0.717) is 73.9 Å². The van der Waals surface area contributed by atoms with Crippen molar-refractivity contribution in [2.24, 2.45) is 0 Å². The molecule has 1 N–H and O–H groups in total. The van der Waals surface area contributed by atoms with E-state index in [1.807, 2.05) is 32.0 Å². The summed E-state index contributed by atoms with van der Waals surface area (Å²) in [6, 6.07) is 11.4. The molecule has 0 spiro atoms. The lowest BCUT2D eigenvalue weighted by atomic mass is 9.88. The summed E-state index contributed by atoms with van der Waals surface area (Å²) >= 11 is 0. The predicted octanol–water partition coefficient (Wildman–Crippen LogP) is 7.01. The number of aryl methyl sites for hydroxylation is 2. The van der Waals surface area contributed by atoms with Crippen molar-refractivity contribution < 1.29 is 46.8 Å². The maximum atomic E-state index is 14.2. The molecule has 0 saturated carbocycles. The fourth-order valence-corrected chi connectivity index (χ4v) is 6.69. The Morgan fingerprint density at radius 2 is 1.76 bits per heavy atom. The zero-order chi connectivity index (χ0) is 31.9. The highest BCUT2D eigenvalue weighted by molar-refractivity contribution is 5.77. The molecule has 2 heterocycles. The van der Waals surface area contributed by atoms with Crippen LogP contribution in [0.5, 0.6) is 17.2 Å². The van der Waals surface area contributed by atoms with Crippen molar-refractivity contribution >= 4 is 5.97 Å². The molecule has 1 saturated heterocycles. The Kier molecular flexibility index (Phi) is 8.47. The van der Waals surface area contributed by atoms with Crippen LogP contribution in [0.25, 0.3) is 11.1 Å². The molecule has 1 fully saturated rings. The molecule has 2 aliphatic heterocycles. The van der Waals surface area contributed by atoms with Gasteiger partial charge in [-0.05, 0) is 90.4 Å². The van der Waals surface area contributed by atoms with Gasteiger partial charge in [-0.15, -0.1) is 0 Å². The summed E-state index contributed by atoms with van der Waals surface area (Å²) < 4.78 is 71.0. The molecular formula is C35H37F3O7. The van der Waals surface area contributed by atoms with Crippen molar-refractivity contribution in [3.8, 4) is 28.4 Å². The van der Waals surface area contributed by atoms with E-state index in [4.69, 9.17) is 23.7 Å². The van der Waals surface area contributed by atoms with Gasteiger partial charge in [0, 0.05) is 43.6 Å². The molecule has 10 heteroatoms. The second-order valence-electron chi connectivity index (χ2n) is 12.3. The van der Waals surface area contributed by atoms with Crippen LogP contribution >= 0.6 is 0 Å². The number of fused-ring (bicyclic) bond motifs is 2. The van der Waals surface area contributed by atoms with Crippen LogP contribution in [-0.4, -0.2) is 50.2 Å². The largest absolute Gasteiger partial charge is 0.492 e. The summed E-state index contributed by atoms with van der Waals surface area (Å²) in [6.07, 6.45) is -2.87. The molecule has 1 aliphatic carbocycles. The number of benzene rings is 3. The normalized spacial score (nSPS) is 20.2. The summed E-state index contributed by atoms with van der Waals surface area (Å²) in [4.78, 5) is 11.8. The number of esters is 1. The second-order valence-corrected chi connectivity index (χ2v) is 12.3. The minimum atomic E-state index is -4.54. The smallest absolute Gasteiger partial charge is 0.416 e. The van der Waals surface area contributed by atoms with Gasteiger partial charge in [-0.1, -0.05) is 6.07 Å². The van der Waals surface area contributed by atoms with E-state index in [1.54, 1.807) is 12.1 Å². The van der Waals surface area contributed by atoms with Gasteiger partial charge in [0.2, 0.25) is 0 Å². The van der Waals surface area contributed by atoms with Crippen molar-refractivity contribution in [2.45, 2.75) is 69.8 Å². The lowest BCUT2D eigenvalue weighted by Gasteiger charge is -2.31. The third-order valence-electron chi connectivity index (χ3n) is 9.11. The van der Waals surface area contributed by atoms with Gasteiger partial charge in [-0.25, -0.2) is 0 Å². The highest BCUT2D eigenvalue weighted by atomic mass is 19.4. The monoisotopic (exact) mass is 626 g/mol.